The second kappa shape index (κ2) is 6.83. The average Bonchev–Trinajstić information content (AvgIpc) is 3.43. The van der Waals surface area contributed by atoms with E-state index < -0.39 is 5.41 Å². The number of hydrogen-bond acceptors (Lipinski definition) is 3. The molecule has 1 fully saturated rings. The van der Waals surface area contributed by atoms with Crippen molar-refractivity contribution < 1.29 is 9.59 Å². The maximum atomic E-state index is 12.5. The molecule has 0 aliphatic heterocycles. The molecular formula is C19H21N3O2. The molecule has 1 aromatic carbocycles. The van der Waals surface area contributed by atoms with Gasteiger partial charge < -0.3 is 10.6 Å². The van der Waals surface area contributed by atoms with Crippen molar-refractivity contribution in [2.45, 2.75) is 32.7 Å². The molecule has 2 aromatic rings. The lowest BCUT2D eigenvalue weighted by Crippen LogP contribution is -2.39. The Hall–Kier alpha value is -2.69. The van der Waals surface area contributed by atoms with Gasteiger partial charge in [0.15, 0.2) is 0 Å². The van der Waals surface area contributed by atoms with Crippen molar-refractivity contribution in [1.82, 2.24) is 10.3 Å². The zero-order chi connectivity index (χ0) is 17.0. The average molecular weight is 323 g/mol. The van der Waals surface area contributed by atoms with Crippen LogP contribution in [0.5, 0.6) is 0 Å². The van der Waals surface area contributed by atoms with E-state index in [4.69, 9.17) is 0 Å². The molecule has 0 bridgehead atoms. The van der Waals surface area contributed by atoms with Crippen LogP contribution in [0.1, 0.15) is 30.9 Å². The van der Waals surface area contributed by atoms with Crippen LogP contribution in [0.25, 0.3) is 0 Å². The van der Waals surface area contributed by atoms with Crippen molar-refractivity contribution in [3.05, 3.63) is 59.9 Å². The van der Waals surface area contributed by atoms with Gasteiger partial charge in [0.1, 0.15) is 5.41 Å². The van der Waals surface area contributed by atoms with Crippen molar-refractivity contribution in [1.29, 1.82) is 0 Å². The number of carbonyl (C=O) groups is 2. The van der Waals surface area contributed by atoms with Crippen molar-refractivity contribution in [2.24, 2.45) is 5.41 Å². The van der Waals surface area contributed by atoms with E-state index in [-0.39, 0.29) is 11.8 Å². The predicted molar refractivity (Wildman–Crippen MR) is 92.2 cm³/mol. The molecule has 3 rings (SSSR count). The molecule has 0 saturated heterocycles. The Bertz CT molecular complexity index is 722. The highest BCUT2D eigenvalue weighted by Gasteiger charge is 2.56. The summed E-state index contributed by atoms with van der Waals surface area (Å²) in [5.74, 6) is -0.440. The summed E-state index contributed by atoms with van der Waals surface area (Å²) < 4.78 is 0. The van der Waals surface area contributed by atoms with Gasteiger partial charge in [-0.15, -0.1) is 0 Å². The van der Waals surface area contributed by atoms with Crippen LogP contribution in [0.2, 0.25) is 0 Å². The number of nitrogens with zero attached hydrogens (tertiary/aromatic N) is 1. The van der Waals surface area contributed by atoms with Gasteiger partial charge in [0, 0.05) is 24.6 Å². The number of pyridine rings is 1. The number of nitrogens with one attached hydrogen (secondary N) is 2. The van der Waals surface area contributed by atoms with Crippen molar-refractivity contribution in [3.63, 3.8) is 0 Å². The van der Waals surface area contributed by atoms with Gasteiger partial charge in [-0.25, -0.2) is 0 Å². The smallest absolute Gasteiger partial charge is 0.240 e. The fraction of sp³-hybridized carbons (Fsp3) is 0.316. The topological polar surface area (TPSA) is 71.1 Å². The highest BCUT2D eigenvalue weighted by atomic mass is 16.2. The fourth-order valence-electron chi connectivity index (χ4n) is 2.61. The zero-order valence-corrected chi connectivity index (χ0v) is 13.7. The number of carbonyl (C=O) groups excluding carboxylic acids is 2. The zero-order valence-electron chi connectivity index (χ0n) is 13.7. The number of hydrogen-bond donors (Lipinski definition) is 2. The summed E-state index contributed by atoms with van der Waals surface area (Å²) in [4.78, 5) is 29.0. The molecular weight excluding hydrogens is 302 g/mol. The third-order valence-corrected chi connectivity index (χ3v) is 4.42. The number of rotatable bonds is 6. The second-order valence-corrected chi connectivity index (χ2v) is 6.13. The molecule has 0 spiro atoms. The van der Waals surface area contributed by atoms with Crippen LogP contribution in [0.3, 0.4) is 0 Å². The van der Waals surface area contributed by atoms with Crippen molar-refractivity contribution >= 4 is 17.5 Å². The molecule has 1 saturated carbocycles. The molecule has 124 valence electrons. The summed E-state index contributed by atoms with van der Waals surface area (Å²) in [6.07, 6.45) is 5.52. The van der Waals surface area contributed by atoms with Gasteiger partial charge >= 0.3 is 0 Å². The van der Waals surface area contributed by atoms with E-state index >= 15 is 0 Å². The lowest BCUT2D eigenvalue weighted by Gasteiger charge is -2.15. The largest absolute Gasteiger partial charge is 0.351 e. The number of amides is 2. The quantitative estimate of drug-likeness (QED) is 0.803. The molecule has 0 atom stereocenters. The van der Waals surface area contributed by atoms with Crippen molar-refractivity contribution in [2.75, 3.05) is 5.32 Å². The third-order valence-electron chi connectivity index (χ3n) is 4.42. The monoisotopic (exact) mass is 323 g/mol. The Morgan fingerprint density at radius 2 is 1.83 bits per heavy atom. The molecule has 2 N–H and O–H groups in total. The van der Waals surface area contributed by atoms with Gasteiger partial charge in [-0.05, 0) is 48.6 Å². The van der Waals surface area contributed by atoms with Gasteiger partial charge in [0.05, 0.1) is 0 Å². The van der Waals surface area contributed by atoms with E-state index in [2.05, 4.69) is 22.5 Å². The Morgan fingerprint density at radius 3 is 2.42 bits per heavy atom. The first kappa shape index (κ1) is 16.2. The van der Waals surface area contributed by atoms with E-state index in [0.717, 1.165) is 17.7 Å². The third kappa shape index (κ3) is 3.45. The van der Waals surface area contributed by atoms with Gasteiger partial charge in [-0.3, -0.25) is 14.6 Å². The van der Waals surface area contributed by atoms with Crippen LogP contribution in [0.4, 0.5) is 5.69 Å². The van der Waals surface area contributed by atoms with E-state index in [0.29, 0.717) is 19.4 Å². The van der Waals surface area contributed by atoms with E-state index in [9.17, 15) is 9.59 Å². The first-order chi connectivity index (χ1) is 11.6. The highest BCUT2D eigenvalue weighted by molar-refractivity contribution is 6.13. The normalized spacial score (nSPS) is 14.7. The first-order valence-corrected chi connectivity index (χ1v) is 8.21. The summed E-state index contributed by atoms with van der Waals surface area (Å²) >= 11 is 0. The number of aromatic nitrogens is 1. The Morgan fingerprint density at radius 1 is 1.08 bits per heavy atom. The maximum Gasteiger partial charge on any atom is 0.240 e. The van der Waals surface area contributed by atoms with E-state index in [1.165, 1.54) is 5.56 Å². The molecule has 1 aliphatic carbocycles. The molecule has 1 aromatic heterocycles. The molecule has 0 radical (unpaired) electrons. The van der Waals surface area contributed by atoms with Gasteiger partial charge in [0.2, 0.25) is 11.8 Å². The van der Waals surface area contributed by atoms with Crippen LogP contribution in [-0.2, 0) is 22.6 Å². The number of anilines is 1. The van der Waals surface area contributed by atoms with E-state index in [1.807, 2.05) is 36.4 Å². The summed E-state index contributed by atoms with van der Waals surface area (Å²) in [6.45, 7) is 2.46. The predicted octanol–water partition coefficient (Wildman–Crippen LogP) is 2.68. The summed E-state index contributed by atoms with van der Waals surface area (Å²) in [5, 5.41) is 5.71. The highest BCUT2D eigenvalue weighted by Crippen LogP contribution is 2.46. The summed E-state index contributed by atoms with van der Waals surface area (Å²) in [7, 11) is 0. The minimum atomic E-state index is -0.925. The minimum Gasteiger partial charge on any atom is -0.351 e. The first-order valence-electron chi connectivity index (χ1n) is 8.21. The van der Waals surface area contributed by atoms with Crippen LogP contribution in [0, 0.1) is 5.41 Å². The molecule has 1 aliphatic rings. The summed E-state index contributed by atoms with van der Waals surface area (Å²) in [5.41, 5.74) is 1.93. The fourth-order valence-corrected chi connectivity index (χ4v) is 2.61. The number of benzene rings is 1. The van der Waals surface area contributed by atoms with E-state index in [1.54, 1.807) is 12.4 Å². The molecule has 24 heavy (non-hydrogen) atoms. The van der Waals surface area contributed by atoms with Crippen LogP contribution in [0.15, 0.2) is 48.8 Å². The molecule has 5 heteroatoms. The van der Waals surface area contributed by atoms with Gasteiger partial charge in [-0.1, -0.05) is 25.1 Å². The van der Waals surface area contributed by atoms with Gasteiger partial charge in [0.25, 0.3) is 0 Å². The number of aryl methyl sites for hydroxylation is 1. The van der Waals surface area contributed by atoms with Crippen LogP contribution < -0.4 is 10.6 Å². The lowest BCUT2D eigenvalue weighted by atomic mass is 10.0. The Balaban J connectivity index is 1.59. The van der Waals surface area contributed by atoms with Crippen LogP contribution >= 0.6 is 0 Å². The Labute approximate surface area is 141 Å². The SMILES string of the molecule is CCc1ccc(NC(=O)C2(C(=O)NCc3cccnc3)CC2)cc1. The minimum absolute atomic E-state index is 0.214. The van der Waals surface area contributed by atoms with Crippen LogP contribution in [-0.4, -0.2) is 16.8 Å². The second-order valence-electron chi connectivity index (χ2n) is 6.13. The molecule has 0 unspecified atom stereocenters. The lowest BCUT2D eigenvalue weighted by molar-refractivity contribution is -0.134. The Kier molecular flexibility index (Phi) is 4.60. The van der Waals surface area contributed by atoms with Crippen molar-refractivity contribution in [3.8, 4) is 0 Å². The molecule has 2 amide bonds. The van der Waals surface area contributed by atoms with Gasteiger partial charge in [-0.2, -0.15) is 0 Å². The maximum absolute atomic E-state index is 12.5. The summed E-state index contributed by atoms with van der Waals surface area (Å²) in [6, 6.07) is 11.4. The molecule has 5 nitrogen and oxygen atoms in total. The molecule has 1 heterocycles. The standard InChI is InChI=1S/C19H21N3O2/c1-2-14-5-7-16(8-6-14)22-18(24)19(9-10-19)17(23)21-13-15-4-3-11-20-12-15/h3-8,11-12H,2,9-10,13H2,1H3,(H,21,23)(H,22,24).